The largest absolute Gasteiger partial charge is 0.480 e. The van der Waals surface area contributed by atoms with Crippen molar-refractivity contribution in [2.75, 3.05) is 13.2 Å². The maximum absolute atomic E-state index is 13.1. The Morgan fingerprint density at radius 2 is 1.41 bits per heavy atom. The summed E-state index contributed by atoms with van der Waals surface area (Å²) in [6.07, 6.45) is -0.607. The average Bonchev–Trinajstić information content (AvgIpc) is 3.14. The highest BCUT2D eigenvalue weighted by molar-refractivity contribution is 5.81. The minimum atomic E-state index is -1.06. The second-order valence-corrected chi connectivity index (χ2v) is 8.28. The molecule has 1 amide bonds. The number of benzene rings is 3. The smallest absolute Gasteiger partial charge is 0.410 e. The number of ether oxygens (including phenoxy) is 1. The first-order valence-corrected chi connectivity index (χ1v) is 10.9. The Morgan fingerprint density at radius 3 is 1.97 bits per heavy atom. The summed E-state index contributed by atoms with van der Waals surface area (Å²) in [4.78, 5) is 26.1. The van der Waals surface area contributed by atoms with Gasteiger partial charge in [0.05, 0.1) is 0 Å². The number of nitrogens with zero attached hydrogens (tertiary/aromatic N) is 1. The summed E-state index contributed by atoms with van der Waals surface area (Å²) >= 11 is 0. The van der Waals surface area contributed by atoms with Gasteiger partial charge in [0.2, 0.25) is 0 Å². The molecule has 3 aromatic carbocycles. The SMILES string of the molecule is CC(CN(C(=O)OCC1c2ccccc2-c2ccccc21)[C@H](C)C(=O)O)c1ccccc1. The molecule has 4 rings (SSSR count). The number of carbonyl (C=O) groups is 2. The first-order chi connectivity index (χ1) is 15.5. The van der Waals surface area contributed by atoms with Crippen LogP contribution in [-0.2, 0) is 9.53 Å². The van der Waals surface area contributed by atoms with Gasteiger partial charge >= 0.3 is 12.1 Å². The van der Waals surface area contributed by atoms with E-state index in [0.717, 1.165) is 27.8 Å². The minimum Gasteiger partial charge on any atom is -0.480 e. The second kappa shape index (κ2) is 9.27. The van der Waals surface area contributed by atoms with Gasteiger partial charge in [-0.2, -0.15) is 0 Å². The van der Waals surface area contributed by atoms with Crippen molar-refractivity contribution in [2.45, 2.75) is 31.7 Å². The molecule has 32 heavy (non-hydrogen) atoms. The zero-order valence-corrected chi connectivity index (χ0v) is 18.3. The zero-order valence-electron chi connectivity index (χ0n) is 18.3. The van der Waals surface area contributed by atoms with E-state index in [9.17, 15) is 14.7 Å². The van der Waals surface area contributed by atoms with Crippen LogP contribution < -0.4 is 0 Å². The van der Waals surface area contributed by atoms with Gasteiger partial charge in [-0.05, 0) is 40.7 Å². The third-order valence-electron chi connectivity index (χ3n) is 6.23. The van der Waals surface area contributed by atoms with Crippen LogP contribution in [0.2, 0.25) is 0 Å². The van der Waals surface area contributed by atoms with Crippen molar-refractivity contribution in [3.8, 4) is 11.1 Å². The number of fused-ring (bicyclic) bond motifs is 3. The van der Waals surface area contributed by atoms with Crippen molar-refractivity contribution < 1.29 is 19.4 Å². The number of aliphatic carboxylic acids is 1. The lowest BCUT2D eigenvalue weighted by molar-refractivity contribution is -0.142. The molecule has 0 heterocycles. The van der Waals surface area contributed by atoms with Crippen LogP contribution in [-0.4, -0.2) is 41.3 Å². The van der Waals surface area contributed by atoms with Crippen molar-refractivity contribution in [1.82, 2.24) is 4.90 Å². The fraction of sp³-hybridized carbons (Fsp3) is 0.259. The van der Waals surface area contributed by atoms with E-state index >= 15 is 0 Å². The first kappa shape index (κ1) is 21.6. The fourth-order valence-electron chi connectivity index (χ4n) is 4.38. The lowest BCUT2D eigenvalue weighted by Crippen LogP contribution is -2.45. The van der Waals surface area contributed by atoms with Gasteiger partial charge in [0, 0.05) is 12.5 Å². The van der Waals surface area contributed by atoms with E-state index in [1.807, 2.05) is 61.5 Å². The number of hydrogen-bond acceptors (Lipinski definition) is 3. The zero-order chi connectivity index (χ0) is 22.7. The summed E-state index contributed by atoms with van der Waals surface area (Å²) in [7, 11) is 0. The molecule has 0 spiro atoms. The van der Waals surface area contributed by atoms with E-state index in [1.54, 1.807) is 0 Å². The van der Waals surface area contributed by atoms with Crippen LogP contribution in [0.15, 0.2) is 78.9 Å². The Hall–Kier alpha value is -3.60. The predicted molar refractivity (Wildman–Crippen MR) is 124 cm³/mol. The standard InChI is InChI=1S/C27H27NO4/c1-18(20-10-4-3-5-11-20)16-28(19(2)26(29)30)27(31)32-17-25-23-14-8-6-12-21(23)22-13-7-9-15-24(22)25/h3-15,18-19,25H,16-17H2,1-2H3,(H,29,30)/t18?,19-/m1/s1. The normalized spacial score (nSPS) is 14.2. The van der Waals surface area contributed by atoms with Gasteiger partial charge < -0.3 is 9.84 Å². The van der Waals surface area contributed by atoms with Crippen LogP contribution in [0.5, 0.6) is 0 Å². The lowest BCUT2D eigenvalue weighted by atomic mass is 9.98. The minimum absolute atomic E-state index is 0.0292. The van der Waals surface area contributed by atoms with Crippen LogP contribution in [0.3, 0.4) is 0 Å². The van der Waals surface area contributed by atoms with Gasteiger partial charge in [0.15, 0.2) is 0 Å². The first-order valence-electron chi connectivity index (χ1n) is 10.9. The number of carbonyl (C=O) groups excluding carboxylic acids is 1. The Bertz CT molecular complexity index is 1070. The predicted octanol–water partition coefficient (Wildman–Crippen LogP) is 5.51. The molecule has 0 radical (unpaired) electrons. The van der Waals surface area contributed by atoms with E-state index < -0.39 is 18.1 Å². The van der Waals surface area contributed by atoms with Crippen molar-refractivity contribution in [3.05, 3.63) is 95.6 Å². The van der Waals surface area contributed by atoms with Gasteiger partial charge in [-0.25, -0.2) is 9.59 Å². The number of carboxylic acid groups (broad SMARTS) is 1. The van der Waals surface area contributed by atoms with Crippen molar-refractivity contribution in [2.24, 2.45) is 0 Å². The molecule has 0 aliphatic heterocycles. The highest BCUT2D eigenvalue weighted by Crippen LogP contribution is 2.44. The highest BCUT2D eigenvalue weighted by Gasteiger charge is 2.32. The molecule has 0 aromatic heterocycles. The highest BCUT2D eigenvalue weighted by atomic mass is 16.6. The molecule has 0 bridgehead atoms. The van der Waals surface area contributed by atoms with Crippen LogP contribution >= 0.6 is 0 Å². The van der Waals surface area contributed by atoms with E-state index in [2.05, 4.69) is 24.3 Å². The monoisotopic (exact) mass is 429 g/mol. The number of rotatable bonds is 7. The molecule has 0 saturated carbocycles. The summed E-state index contributed by atoms with van der Waals surface area (Å²) < 4.78 is 5.73. The quantitative estimate of drug-likeness (QED) is 0.537. The van der Waals surface area contributed by atoms with Gasteiger partial charge in [-0.3, -0.25) is 4.90 Å². The molecule has 0 fully saturated rings. The molecular formula is C27H27NO4. The molecule has 5 nitrogen and oxygen atoms in total. The van der Waals surface area contributed by atoms with E-state index in [4.69, 9.17) is 4.74 Å². The van der Waals surface area contributed by atoms with Gasteiger partial charge in [0.25, 0.3) is 0 Å². The Morgan fingerprint density at radius 1 is 0.875 bits per heavy atom. The third-order valence-corrected chi connectivity index (χ3v) is 6.23. The average molecular weight is 430 g/mol. The number of amides is 1. The maximum Gasteiger partial charge on any atom is 0.410 e. The molecule has 1 N–H and O–H groups in total. The van der Waals surface area contributed by atoms with Gasteiger partial charge in [-0.15, -0.1) is 0 Å². The third kappa shape index (κ3) is 4.24. The van der Waals surface area contributed by atoms with Crippen molar-refractivity contribution in [3.63, 3.8) is 0 Å². The summed E-state index contributed by atoms with van der Waals surface area (Å²) in [5, 5.41) is 9.58. The molecule has 1 unspecified atom stereocenters. The molecule has 3 aromatic rings. The molecular weight excluding hydrogens is 402 g/mol. The Balaban J connectivity index is 1.52. The molecule has 2 atom stereocenters. The lowest BCUT2D eigenvalue weighted by Gasteiger charge is -2.29. The molecule has 164 valence electrons. The molecule has 1 aliphatic carbocycles. The molecule has 5 heteroatoms. The second-order valence-electron chi connectivity index (χ2n) is 8.28. The van der Waals surface area contributed by atoms with Crippen molar-refractivity contribution in [1.29, 1.82) is 0 Å². The van der Waals surface area contributed by atoms with E-state index in [0.29, 0.717) is 0 Å². The van der Waals surface area contributed by atoms with Crippen LogP contribution in [0.4, 0.5) is 4.79 Å². The van der Waals surface area contributed by atoms with E-state index in [-0.39, 0.29) is 25.0 Å². The molecule has 1 aliphatic rings. The molecule has 0 saturated heterocycles. The van der Waals surface area contributed by atoms with Crippen molar-refractivity contribution >= 4 is 12.1 Å². The van der Waals surface area contributed by atoms with Gasteiger partial charge in [-0.1, -0.05) is 85.8 Å². The summed E-state index contributed by atoms with van der Waals surface area (Å²) in [5.74, 6) is -1.16. The van der Waals surface area contributed by atoms with Crippen LogP contribution in [0.1, 0.15) is 42.4 Å². The summed E-state index contributed by atoms with van der Waals surface area (Å²) in [5.41, 5.74) is 5.59. The summed E-state index contributed by atoms with van der Waals surface area (Å²) in [6.45, 7) is 3.92. The van der Waals surface area contributed by atoms with Crippen LogP contribution in [0.25, 0.3) is 11.1 Å². The fourth-order valence-corrected chi connectivity index (χ4v) is 4.38. The Labute approximate surface area is 188 Å². The number of carboxylic acids is 1. The van der Waals surface area contributed by atoms with Gasteiger partial charge in [0.1, 0.15) is 12.6 Å². The number of hydrogen-bond donors (Lipinski definition) is 1. The topological polar surface area (TPSA) is 66.8 Å². The maximum atomic E-state index is 13.1. The summed E-state index contributed by atoms with van der Waals surface area (Å²) in [6, 6.07) is 25.0. The van der Waals surface area contributed by atoms with E-state index in [1.165, 1.54) is 11.8 Å². The Kier molecular flexibility index (Phi) is 6.26. The van der Waals surface area contributed by atoms with Crippen LogP contribution in [0, 0.1) is 0 Å².